The lowest BCUT2D eigenvalue weighted by molar-refractivity contribution is -0.138. The number of benzene rings is 1. The number of hydrogen-bond donors (Lipinski definition) is 2. The molecule has 0 bridgehead atoms. The molecule has 8 nitrogen and oxygen atoms in total. The van der Waals surface area contributed by atoms with E-state index < -0.39 is 24.6 Å². The molecular formula is C24H38N2O6. The number of carboxylic acids is 1. The zero-order valence-corrected chi connectivity index (χ0v) is 19.8. The minimum atomic E-state index is -1.14. The van der Waals surface area contributed by atoms with E-state index in [-0.39, 0.29) is 18.4 Å². The predicted molar refractivity (Wildman–Crippen MR) is 123 cm³/mol. The van der Waals surface area contributed by atoms with Crippen molar-refractivity contribution in [1.82, 2.24) is 10.2 Å². The molecule has 1 aliphatic rings. The van der Waals surface area contributed by atoms with Crippen molar-refractivity contribution in [2.45, 2.75) is 64.7 Å². The van der Waals surface area contributed by atoms with E-state index >= 15 is 0 Å². The van der Waals surface area contributed by atoms with Crippen molar-refractivity contribution in [1.29, 1.82) is 0 Å². The Hall–Kier alpha value is -2.61. The van der Waals surface area contributed by atoms with Gasteiger partial charge in [-0.25, -0.2) is 4.79 Å². The minimum Gasteiger partial charge on any atom is -0.480 e. The molecule has 1 fully saturated rings. The zero-order valence-electron chi connectivity index (χ0n) is 19.8. The second kappa shape index (κ2) is 14.5. The van der Waals surface area contributed by atoms with Gasteiger partial charge in [-0.2, -0.15) is 0 Å². The van der Waals surface area contributed by atoms with E-state index in [1.807, 2.05) is 12.1 Å². The van der Waals surface area contributed by atoms with E-state index in [2.05, 4.69) is 44.1 Å². The van der Waals surface area contributed by atoms with Gasteiger partial charge in [-0.3, -0.25) is 9.59 Å². The fourth-order valence-electron chi connectivity index (χ4n) is 3.75. The number of nitrogens with zero attached hydrogens (tertiary/aromatic N) is 1. The first kappa shape index (κ1) is 27.4. The van der Waals surface area contributed by atoms with Crippen LogP contribution in [0.4, 0.5) is 4.79 Å². The van der Waals surface area contributed by atoms with Crippen LogP contribution in [0.5, 0.6) is 5.75 Å². The van der Waals surface area contributed by atoms with E-state index in [9.17, 15) is 14.4 Å². The quantitative estimate of drug-likeness (QED) is 0.456. The van der Waals surface area contributed by atoms with Crippen LogP contribution in [-0.4, -0.2) is 61.3 Å². The molecule has 1 amide bonds. The van der Waals surface area contributed by atoms with Crippen LogP contribution in [0, 0.1) is 0 Å². The van der Waals surface area contributed by atoms with Crippen LogP contribution in [0.15, 0.2) is 24.3 Å². The summed E-state index contributed by atoms with van der Waals surface area (Å²) in [5, 5.41) is 10.7. The number of aliphatic carboxylic acids is 1. The molecule has 180 valence electrons. The van der Waals surface area contributed by atoms with Gasteiger partial charge in [-0.1, -0.05) is 45.7 Å². The van der Waals surface area contributed by atoms with Crippen LogP contribution >= 0.6 is 0 Å². The maximum absolute atomic E-state index is 11.9. The molecule has 8 heteroatoms. The average molecular weight is 451 g/mol. The number of nitrogens with one attached hydrogen (secondary N) is 1. The molecule has 0 radical (unpaired) electrons. The number of likely N-dealkylation sites (N-methyl/N-ethyl adjacent to an activating group) is 1. The van der Waals surface area contributed by atoms with E-state index in [4.69, 9.17) is 14.6 Å². The molecule has 1 aromatic rings. The first-order valence-electron chi connectivity index (χ1n) is 11.4. The van der Waals surface area contributed by atoms with Crippen molar-refractivity contribution in [3.8, 4) is 5.75 Å². The molecule has 1 aliphatic heterocycles. The molecule has 2 N–H and O–H groups in total. The van der Waals surface area contributed by atoms with Crippen LogP contribution in [0.25, 0.3) is 0 Å². The summed E-state index contributed by atoms with van der Waals surface area (Å²) >= 11 is 0. The lowest BCUT2D eigenvalue weighted by atomic mass is 9.74. The largest absolute Gasteiger partial charge is 0.513 e. The standard InChI is InChI=1S/C21H30N2O6.C3H8/c1-3-21(10-4-5-11-23(2)15-21)16-7-6-8-17(13-16)29-20(27)28-12-9-18(24)22-14-19(25)26;1-3-2/h6-8,13H,3-5,9-12,14-15H2,1-2H3,(H,22,24)(H,25,26);3H2,1-2H3. The molecule has 2 rings (SSSR count). The first-order valence-corrected chi connectivity index (χ1v) is 11.4. The summed E-state index contributed by atoms with van der Waals surface area (Å²) in [6, 6.07) is 7.55. The van der Waals surface area contributed by atoms with Gasteiger partial charge >= 0.3 is 12.1 Å². The van der Waals surface area contributed by atoms with Gasteiger partial charge in [-0.05, 0) is 50.6 Å². The monoisotopic (exact) mass is 450 g/mol. The molecular weight excluding hydrogens is 412 g/mol. The maximum Gasteiger partial charge on any atom is 0.513 e. The summed E-state index contributed by atoms with van der Waals surface area (Å²) in [6.07, 6.45) is 4.66. The maximum atomic E-state index is 11.9. The van der Waals surface area contributed by atoms with Gasteiger partial charge in [-0.15, -0.1) is 0 Å². The summed E-state index contributed by atoms with van der Waals surface area (Å²) < 4.78 is 10.2. The number of amides is 1. The van der Waals surface area contributed by atoms with Crippen molar-refractivity contribution < 1.29 is 29.0 Å². The number of ether oxygens (including phenoxy) is 2. The Balaban J connectivity index is 0.00000161. The van der Waals surface area contributed by atoms with Crippen molar-refractivity contribution in [3.05, 3.63) is 29.8 Å². The molecule has 1 aromatic carbocycles. The first-order chi connectivity index (χ1) is 15.3. The van der Waals surface area contributed by atoms with Gasteiger partial charge in [0.05, 0.1) is 6.42 Å². The topological polar surface area (TPSA) is 105 Å². The van der Waals surface area contributed by atoms with Gasteiger partial charge in [0, 0.05) is 12.0 Å². The van der Waals surface area contributed by atoms with Gasteiger partial charge < -0.3 is 24.8 Å². The third-order valence-corrected chi connectivity index (χ3v) is 5.33. The third-order valence-electron chi connectivity index (χ3n) is 5.33. The Morgan fingerprint density at radius 1 is 1.19 bits per heavy atom. The number of likely N-dealkylation sites (tertiary alicyclic amines) is 1. The van der Waals surface area contributed by atoms with Crippen LogP contribution in [0.3, 0.4) is 0 Å². The number of rotatable bonds is 8. The summed E-state index contributed by atoms with van der Waals surface area (Å²) in [5.74, 6) is -1.24. The number of carboxylic acid groups (broad SMARTS) is 1. The highest BCUT2D eigenvalue weighted by molar-refractivity contribution is 5.81. The Labute approximate surface area is 191 Å². The van der Waals surface area contributed by atoms with Crippen LogP contribution < -0.4 is 10.1 Å². The summed E-state index contributed by atoms with van der Waals surface area (Å²) in [6.45, 7) is 7.83. The highest BCUT2D eigenvalue weighted by Crippen LogP contribution is 2.37. The Morgan fingerprint density at radius 3 is 2.56 bits per heavy atom. The van der Waals surface area contributed by atoms with Crippen LogP contribution in [0.2, 0.25) is 0 Å². The molecule has 0 aliphatic carbocycles. The fourth-order valence-corrected chi connectivity index (χ4v) is 3.75. The number of hydrogen-bond acceptors (Lipinski definition) is 6. The lowest BCUT2D eigenvalue weighted by Gasteiger charge is -2.35. The molecule has 1 heterocycles. The smallest absolute Gasteiger partial charge is 0.480 e. The van der Waals surface area contributed by atoms with Crippen LogP contribution in [0.1, 0.15) is 64.9 Å². The summed E-state index contributed by atoms with van der Waals surface area (Å²) in [4.78, 5) is 36.1. The summed E-state index contributed by atoms with van der Waals surface area (Å²) in [7, 11) is 2.14. The predicted octanol–water partition coefficient (Wildman–Crippen LogP) is 3.97. The zero-order chi connectivity index (χ0) is 24.0. The van der Waals surface area contributed by atoms with Gasteiger partial charge in [0.25, 0.3) is 0 Å². The molecule has 1 atom stereocenters. The highest BCUT2D eigenvalue weighted by Gasteiger charge is 2.33. The SMILES string of the molecule is CCC.CCC1(c2cccc(OC(=O)OCCC(=O)NCC(=O)O)c2)CCCCN(C)C1. The van der Waals surface area contributed by atoms with Crippen molar-refractivity contribution in [2.75, 3.05) is 33.3 Å². The van der Waals surface area contributed by atoms with Crippen molar-refractivity contribution >= 4 is 18.0 Å². The molecule has 1 saturated heterocycles. The van der Waals surface area contributed by atoms with E-state index in [0.717, 1.165) is 37.9 Å². The molecule has 0 spiro atoms. The third kappa shape index (κ3) is 9.68. The van der Waals surface area contributed by atoms with Crippen molar-refractivity contribution in [2.24, 2.45) is 0 Å². The van der Waals surface area contributed by atoms with Crippen molar-refractivity contribution in [3.63, 3.8) is 0 Å². The van der Waals surface area contributed by atoms with Crippen LogP contribution in [-0.2, 0) is 19.7 Å². The highest BCUT2D eigenvalue weighted by atomic mass is 16.7. The van der Waals surface area contributed by atoms with E-state index in [1.54, 1.807) is 6.07 Å². The van der Waals surface area contributed by atoms with E-state index in [0.29, 0.717) is 5.75 Å². The molecule has 0 saturated carbocycles. The summed E-state index contributed by atoms with van der Waals surface area (Å²) in [5.41, 5.74) is 1.17. The minimum absolute atomic E-state index is 0.0246. The number of carbonyl (C=O) groups is 3. The second-order valence-corrected chi connectivity index (χ2v) is 8.18. The van der Waals surface area contributed by atoms with Gasteiger partial charge in [0.15, 0.2) is 0 Å². The normalized spacial score (nSPS) is 18.5. The molecule has 32 heavy (non-hydrogen) atoms. The molecule has 1 unspecified atom stereocenters. The fraction of sp³-hybridized carbons (Fsp3) is 0.625. The lowest BCUT2D eigenvalue weighted by Crippen LogP contribution is -2.37. The van der Waals surface area contributed by atoms with Gasteiger partial charge in [0.2, 0.25) is 5.91 Å². The average Bonchev–Trinajstić information content (AvgIpc) is 2.95. The Morgan fingerprint density at radius 2 is 1.91 bits per heavy atom. The second-order valence-electron chi connectivity index (χ2n) is 8.18. The van der Waals surface area contributed by atoms with E-state index in [1.165, 1.54) is 12.8 Å². The Kier molecular flexibility index (Phi) is 12.4. The Bertz CT molecular complexity index is 739. The molecule has 0 aromatic heterocycles. The number of carbonyl (C=O) groups excluding carboxylic acids is 2. The van der Waals surface area contributed by atoms with Gasteiger partial charge in [0.1, 0.15) is 18.9 Å².